The average Bonchev–Trinajstić information content (AvgIpc) is 2.40. The minimum absolute atomic E-state index is 0.222. The van der Waals surface area contributed by atoms with E-state index < -0.39 is 6.36 Å². The SMILES string of the molecule is Cc1ccc(C)c(CNc2ccc(OC(F)(F)F)cc2)c1. The first kappa shape index (κ1) is 15.2. The largest absolute Gasteiger partial charge is 0.573 e. The van der Waals surface area contributed by atoms with Gasteiger partial charge in [0.25, 0.3) is 0 Å². The summed E-state index contributed by atoms with van der Waals surface area (Å²) in [7, 11) is 0. The summed E-state index contributed by atoms with van der Waals surface area (Å²) in [5.74, 6) is -0.222. The molecule has 0 saturated carbocycles. The Morgan fingerprint density at radius 1 is 1.00 bits per heavy atom. The third-order valence-electron chi connectivity index (χ3n) is 3.08. The monoisotopic (exact) mass is 295 g/mol. The highest BCUT2D eigenvalue weighted by Crippen LogP contribution is 2.24. The molecule has 21 heavy (non-hydrogen) atoms. The Morgan fingerprint density at radius 3 is 2.29 bits per heavy atom. The first-order valence-corrected chi connectivity index (χ1v) is 6.49. The molecule has 2 aromatic rings. The quantitative estimate of drug-likeness (QED) is 0.873. The van der Waals surface area contributed by atoms with Crippen LogP contribution < -0.4 is 10.1 Å². The highest BCUT2D eigenvalue weighted by atomic mass is 19.4. The molecule has 0 aliphatic heterocycles. The topological polar surface area (TPSA) is 21.3 Å². The summed E-state index contributed by atoms with van der Waals surface area (Å²) < 4.78 is 40.0. The van der Waals surface area contributed by atoms with Gasteiger partial charge in [-0.2, -0.15) is 0 Å². The number of halogens is 3. The molecule has 0 aliphatic rings. The molecule has 2 nitrogen and oxygen atoms in total. The van der Waals surface area contributed by atoms with Crippen LogP contribution in [0, 0.1) is 13.8 Å². The Kier molecular flexibility index (Phi) is 4.40. The molecule has 0 aliphatic carbocycles. The number of nitrogens with one attached hydrogen (secondary N) is 1. The standard InChI is InChI=1S/C16H16F3NO/c1-11-3-4-12(2)13(9-11)10-20-14-5-7-15(8-6-14)21-16(17,18)19/h3-9,20H,10H2,1-2H3. The number of rotatable bonds is 4. The number of anilines is 1. The summed E-state index contributed by atoms with van der Waals surface area (Å²) in [5, 5.41) is 3.18. The first-order chi connectivity index (χ1) is 9.83. The highest BCUT2D eigenvalue weighted by Gasteiger charge is 2.30. The first-order valence-electron chi connectivity index (χ1n) is 6.49. The number of benzene rings is 2. The van der Waals surface area contributed by atoms with Gasteiger partial charge < -0.3 is 10.1 Å². The molecule has 0 heterocycles. The Bertz CT molecular complexity index is 606. The molecule has 5 heteroatoms. The van der Waals surface area contributed by atoms with Crippen molar-refractivity contribution < 1.29 is 17.9 Å². The second-order valence-corrected chi connectivity index (χ2v) is 4.86. The number of ether oxygens (including phenoxy) is 1. The maximum absolute atomic E-state index is 12.1. The summed E-state index contributed by atoms with van der Waals surface area (Å²) in [4.78, 5) is 0. The predicted octanol–water partition coefficient (Wildman–Crippen LogP) is 4.81. The number of alkyl halides is 3. The third-order valence-corrected chi connectivity index (χ3v) is 3.08. The van der Waals surface area contributed by atoms with E-state index in [0.29, 0.717) is 6.54 Å². The lowest BCUT2D eigenvalue weighted by molar-refractivity contribution is -0.274. The van der Waals surface area contributed by atoms with Gasteiger partial charge in [-0.3, -0.25) is 0 Å². The molecule has 0 atom stereocenters. The van der Waals surface area contributed by atoms with Gasteiger partial charge in [-0.05, 0) is 49.2 Å². The fraction of sp³-hybridized carbons (Fsp3) is 0.250. The molecule has 0 fully saturated rings. The third kappa shape index (κ3) is 4.70. The lowest BCUT2D eigenvalue weighted by atomic mass is 10.1. The molecule has 0 saturated heterocycles. The van der Waals surface area contributed by atoms with Crippen molar-refractivity contribution in [2.75, 3.05) is 5.32 Å². The minimum Gasteiger partial charge on any atom is -0.406 e. The van der Waals surface area contributed by atoms with Crippen molar-refractivity contribution in [1.82, 2.24) is 0 Å². The Labute approximate surface area is 121 Å². The van der Waals surface area contributed by atoms with Gasteiger partial charge in [-0.1, -0.05) is 23.8 Å². The zero-order chi connectivity index (χ0) is 15.5. The smallest absolute Gasteiger partial charge is 0.406 e. The van der Waals surface area contributed by atoms with Crippen LogP contribution in [0.15, 0.2) is 42.5 Å². The Hall–Kier alpha value is -2.17. The number of aryl methyl sites for hydroxylation is 2. The van der Waals surface area contributed by atoms with Crippen molar-refractivity contribution in [2.24, 2.45) is 0 Å². The number of hydrogen-bond acceptors (Lipinski definition) is 2. The second kappa shape index (κ2) is 6.08. The summed E-state index contributed by atoms with van der Waals surface area (Å²) in [6.45, 7) is 4.66. The summed E-state index contributed by atoms with van der Waals surface area (Å²) >= 11 is 0. The Morgan fingerprint density at radius 2 is 1.67 bits per heavy atom. The summed E-state index contributed by atoms with van der Waals surface area (Å²) in [6, 6.07) is 11.9. The van der Waals surface area contributed by atoms with Gasteiger partial charge in [0, 0.05) is 12.2 Å². The van der Waals surface area contributed by atoms with Crippen molar-refractivity contribution in [3.05, 3.63) is 59.2 Å². The van der Waals surface area contributed by atoms with Crippen molar-refractivity contribution in [1.29, 1.82) is 0 Å². The molecule has 0 spiro atoms. The van der Waals surface area contributed by atoms with Crippen molar-refractivity contribution in [3.63, 3.8) is 0 Å². The van der Waals surface area contributed by atoms with Gasteiger partial charge in [-0.25, -0.2) is 0 Å². The predicted molar refractivity (Wildman–Crippen MR) is 76.4 cm³/mol. The Balaban J connectivity index is 1.99. The van der Waals surface area contributed by atoms with Gasteiger partial charge in [0.15, 0.2) is 0 Å². The van der Waals surface area contributed by atoms with Crippen molar-refractivity contribution in [3.8, 4) is 5.75 Å². The van der Waals surface area contributed by atoms with Crippen LogP contribution >= 0.6 is 0 Å². The van der Waals surface area contributed by atoms with E-state index in [1.54, 1.807) is 12.1 Å². The molecule has 2 rings (SSSR count). The van der Waals surface area contributed by atoms with Crippen molar-refractivity contribution >= 4 is 5.69 Å². The van der Waals surface area contributed by atoms with Gasteiger partial charge in [-0.15, -0.1) is 13.2 Å². The molecular weight excluding hydrogens is 279 g/mol. The van der Waals surface area contributed by atoms with E-state index in [2.05, 4.69) is 16.1 Å². The minimum atomic E-state index is -4.66. The molecule has 1 N–H and O–H groups in total. The maximum Gasteiger partial charge on any atom is 0.573 e. The fourth-order valence-corrected chi connectivity index (χ4v) is 1.96. The van der Waals surface area contributed by atoms with E-state index in [-0.39, 0.29) is 5.75 Å². The van der Waals surface area contributed by atoms with E-state index in [1.165, 1.54) is 23.3 Å². The summed E-state index contributed by atoms with van der Waals surface area (Å²) in [5.41, 5.74) is 4.24. The van der Waals surface area contributed by atoms with E-state index in [9.17, 15) is 13.2 Å². The van der Waals surface area contributed by atoms with Gasteiger partial charge in [0.05, 0.1) is 0 Å². The molecular formula is C16H16F3NO. The lowest BCUT2D eigenvalue weighted by Gasteiger charge is -2.12. The van der Waals surface area contributed by atoms with E-state index in [0.717, 1.165) is 11.3 Å². The van der Waals surface area contributed by atoms with E-state index in [4.69, 9.17) is 0 Å². The lowest BCUT2D eigenvalue weighted by Crippen LogP contribution is -2.17. The van der Waals surface area contributed by atoms with Gasteiger partial charge in [0.2, 0.25) is 0 Å². The van der Waals surface area contributed by atoms with Gasteiger partial charge >= 0.3 is 6.36 Å². The second-order valence-electron chi connectivity index (χ2n) is 4.86. The highest BCUT2D eigenvalue weighted by molar-refractivity contribution is 5.47. The molecule has 0 unspecified atom stereocenters. The van der Waals surface area contributed by atoms with Crippen LogP contribution in [0.2, 0.25) is 0 Å². The molecule has 2 aromatic carbocycles. The van der Waals surface area contributed by atoms with Crippen LogP contribution in [0.1, 0.15) is 16.7 Å². The normalized spacial score (nSPS) is 11.3. The summed E-state index contributed by atoms with van der Waals surface area (Å²) in [6.07, 6.45) is -4.66. The average molecular weight is 295 g/mol. The van der Waals surface area contributed by atoms with Crippen molar-refractivity contribution in [2.45, 2.75) is 26.8 Å². The van der Waals surface area contributed by atoms with Crippen LogP contribution in [-0.4, -0.2) is 6.36 Å². The zero-order valence-corrected chi connectivity index (χ0v) is 11.8. The van der Waals surface area contributed by atoms with Gasteiger partial charge in [0.1, 0.15) is 5.75 Å². The van der Waals surface area contributed by atoms with E-state index >= 15 is 0 Å². The van der Waals surface area contributed by atoms with E-state index in [1.807, 2.05) is 26.0 Å². The van der Waals surface area contributed by atoms with Crippen LogP contribution in [0.5, 0.6) is 5.75 Å². The van der Waals surface area contributed by atoms with Crippen LogP contribution in [0.4, 0.5) is 18.9 Å². The molecule has 0 bridgehead atoms. The van der Waals surface area contributed by atoms with Crippen LogP contribution in [0.3, 0.4) is 0 Å². The molecule has 0 radical (unpaired) electrons. The zero-order valence-electron chi connectivity index (χ0n) is 11.8. The molecule has 0 aromatic heterocycles. The maximum atomic E-state index is 12.1. The fourth-order valence-electron chi connectivity index (χ4n) is 1.96. The number of hydrogen-bond donors (Lipinski definition) is 1. The van der Waals surface area contributed by atoms with Crippen LogP contribution in [0.25, 0.3) is 0 Å². The molecule has 112 valence electrons. The molecule has 0 amide bonds. The van der Waals surface area contributed by atoms with Crippen LogP contribution in [-0.2, 0) is 6.54 Å².